The summed E-state index contributed by atoms with van der Waals surface area (Å²) in [5, 5.41) is 19.9. The molecule has 180 valence electrons. The number of fused-ring (bicyclic) bond motifs is 2. The van der Waals surface area contributed by atoms with Gasteiger partial charge in [0, 0.05) is 30.4 Å². The van der Waals surface area contributed by atoms with Crippen LogP contribution in [0.1, 0.15) is 59.8 Å². The first kappa shape index (κ1) is 24.3. The van der Waals surface area contributed by atoms with Gasteiger partial charge in [0.1, 0.15) is 0 Å². The Bertz CT molecular complexity index is 992. The van der Waals surface area contributed by atoms with Gasteiger partial charge in [0.05, 0.1) is 23.3 Å². The van der Waals surface area contributed by atoms with Gasteiger partial charge in [0.15, 0.2) is 5.13 Å². The quantitative estimate of drug-likeness (QED) is 0.510. The molecule has 0 radical (unpaired) electrons. The Morgan fingerprint density at radius 1 is 1.42 bits per heavy atom. The third kappa shape index (κ3) is 4.73. The number of aliphatic hydroxyl groups excluding tert-OH is 1. The van der Waals surface area contributed by atoms with Crippen LogP contribution in [0, 0.1) is 23.2 Å². The zero-order chi connectivity index (χ0) is 23.8. The van der Waals surface area contributed by atoms with Crippen molar-refractivity contribution < 1.29 is 19.4 Å². The molecule has 1 saturated carbocycles. The third-order valence-electron chi connectivity index (χ3n) is 7.55. The first-order valence-corrected chi connectivity index (χ1v) is 13.2. The van der Waals surface area contributed by atoms with Crippen LogP contribution < -0.4 is 10.6 Å². The average Bonchev–Trinajstić information content (AvgIpc) is 3.43. The molecule has 0 aromatic carbocycles. The van der Waals surface area contributed by atoms with Crippen LogP contribution in [-0.2, 0) is 16.0 Å². The third-order valence-corrected chi connectivity index (χ3v) is 9.40. The van der Waals surface area contributed by atoms with Gasteiger partial charge in [0.2, 0.25) is 5.91 Å². The number of thiophene rings is 1. The molecular weight excluding hydrogens is 458 g/mol. The lowest BCUT2D eigenvalue weighted by Gasteiger charge is -2.53. The fraction of sp³-hybridized carbons (Fsp3) is 0.625. The number of rotatable bonds is 7. The van der Waals surface area contributed by atoms with Crippen LogP contribution in [0.3, 0.4) is 0 Å². The Hall–Kier alpha value is -1.81. The van der Waals surface area contributed by atoms with Crippen LogP contribution in [0.4, 0.5) is 5.13 Å². The first-order chi connectivity index (χ1) is 15.7. The standard InChI is InChI=1S/C24H33N3O4S2/c1-13(21(29)25-9-10-31-4)15-7-8-24(3)12-17-19(14(2)18(24)20(15)28)26-23(33-17)27-22(30)16-6-5-11-32-16/h5-6,11,13-15,18,20,28H,7-10,12H2,1-4H3,(H,25,29)(H,26,27,30)/t13-,14-,15+,18+,20-,24-/m0/s1. The molecule has 0 bridgehead atoms. The monoisotopic (exact) mass is 491 g/mol. The Balaban J connectivity index is 1.51. The summed E-state index contributed by atoms with van der Waals surface area (Å²) in [5.41, 5.74) is 0.914. The van der Waals surface area contributed by atoms with Gasteiger partial charge >= 0.3 is 0 Å². The number of thiazole rings is 1. The van der Waals surface area contributed by atoms with Crippen molar-refractivity contribution in [1.29, 1.82) is 0 Å². The molecule has 0 unspecified atom stereocenters. The lowest BCUT2D eigenvalue weighted by Crippen LogP contribution is -2.53. The molecule has 9 heteroatoms. The number of aromatic nitrogens is 1. The average molecular weight is 492 g/mol. The van der Waals surface area contributed by atoms with Gasteiger partial charge in [-0.2, -0.15) is 0 Å². The lowest BCUT2D eigenvalue weighted by atomic mass is 9.53. The number of aliphatic hydroxyl groups is 1. The van der Waals surface area contributed by atoms with E-state index in [0.717, 1.165) is 25.0 Å². The maximum atomic E-state index is 12.7. The highest BCUT2D eigenvalue weighted by Crippen LogP contribution is 2.57. The molecule has 2 aliphatic carbocycles. The molecule has 2 aliphatic rings. The van der Waals surface area contributed by atoms with E-state index in [0.29, 0.717) is 23.2 Å². The van der Waals surface area contributed by atoms with E-state index in [9.17, 15) is 14.7 Å². The highest BCUT2D eigenvalue weighted by molar-refractivity contribution is 7.16. The number of nitrogens with zero attached hydrogens (tertiary/aromatic N) is 1. The van der Waals surface area contributed by atoms with Crippen molar-refractivity contribution >= 4 is 39.6 Å². The zero-order valence-corrected chi connectivity index (χ0v) is 21.2. The SMILES string of the molecule is COCCNC(=O)[C@@H](C)[C@H]1CC[C@@]2(C)Cc3sc(NC(=O)c4cccs4)nc3[C@@H](C)[C@@H]2[C@H]1O. The molecule has 2 aromatic rings. The number of nitrogens with one attached hydrogen (secondary N) is 2. The van der Waals surface area contributed by atoms with Crippen molar-refractivity contribution in [2.24, 2.45) is 23.2 Å². The number of carbonyl (C=O) groups is 2. The number of hydrogen-bond acceptors (Lipinski definition) is 7. The fourth-order valence-electron chi connectivity index (χ4n) is 5.80. The van der Waals surface area contributed by atoms with Crippen LogP contribution in [-0.4, -0.2) is 48.3 Å². The Labute approximate surface area is 203 Å². The second-order valence-electron chi connectivity index (χ2n) is 9.67. The van der Waals surface area contributed by atoms with Crippen LogP contribution in [0.15, 0.2) is 17.5 Å². The maximum absolute atomic E-state index is 12.7. The molecular formula is C24H33N3O4S2. The summed E-state index contributed by atoms with van der Waals surface area (Å²) in [4.78, 5) is 31.8. The van der Waals surface area contributed by atoms with E-state index in [4.69, 9.17) is 9.72 Å². The largest absolute Gasteiger partial charge is 0.392 e. The normalized spacial score (nSPS) is 29.6. The van der Waals surface area contributed by atoms with Crippen molar-refractivity contribution in [3.8, 4) is 0 Å². The molecule has 2 aromatic heterocycles. The zero-order valence-electron chi connectivity index (χ0n) is 19.6. The van der Waals surface area contributed by atoms with E-state index in [1.807, 2.05) is 18.4 Å². The molecule has 2 amide bonds. The number of methoxy groups -OCH3 is 1. The Morgan fingerprint density at radius 2 is 2.21 bits per heavy atom. The Morgan fingerprint density at radius 3 is 2.91 bits per heavy atom. The van der Waals surface area contributed by atoms with E-state index < -0.39 is 6.10 Å². The summed E-state index contributed by atoms with van der Waals surface area (Å²) in [7, 11) is 1.61. The minimum Gasteiger partial charge on any atom is -0.392 e. The number of anilines is 1. The van der Waals surface area contributed by atoms with Gasteiger partial charge in [-0.3, -0.25) is 14.9 Å². The van der Waals surface area contributed by atoms with Gasteiger partial charge in [-0.05, 0) is 48.0 Å². The highest BCUT2D eigenvalue weighted by Gasteiger charge is 2.53. The number of ether oxygens (including phenoxy) is 1. The second-order valence-corrected chi connectivity index (χ2v) is 11.7. The summed E-state index contributed by atoms with van der Waals surface area (Å²) in [5.74, 6) is -0.473. The first-order valence-electron chi connectivity index (χ1n) is 11.5. The highest BCUT2D eigenvalue weighted by atomic mass is 32.1. The van der Waals surface area contributed by atoms with E-state index in [-0.39, 0.29) is 40.9 Å². The van der Waals surface area contributed by atoms with Gasteiger partial charge in [-0.1, -0.05) is 26.8 Å². The molecule has 7 nitrogen and oxygen atoms in total. The maximum Gasteiger partial charge on any atom is 0.267 e. The van der Waals surface area contributed by atoms with E-state index in [1.165, 1.54) is 16.2 Å². The summed E-state index contributed by atoms with van der Waals surface area (Å²) >= 11 is 2.95. The van der Waals surface area contributed by atoms with E-state index in [2.05, 4.69) is 24.5 Å². The predicted molar refractivity (Wildman–Crippen MR) is 131 cm³/mol. The van der Waals surface area contributed by atoms with Gasteiger partial charge in [-0.15, -0.1) is 22.7 Å². The molecule has 0 spiro atoms. The van der Waals surface area contributed by atoms with E-state index in [1.54, 1.807) is 24.5 Å². The molecule has 6 atom stereocenters. The Kier molecular flexibility index (Phi) is 7.23. The molecule has 2 heterocycles. The van der Waals surface area contributed by atoms with Gasteiger partial charge in [0.25, 0.3) is 5.91 Å². The smallest absolute Gasteiger partial charge is 0.267 e. The molecule has 1 fully saturated rings. The van der Waals surface area contributed by atoms with Gasteiger partial charge in [-0.25, -0.2) is 4.98 Å². The number of hydrogen-bond donors (Lipinski definition) is 3. The number of amides is 2. The van der Waals surface area contributed by atoms with Crippen molar-refractivity contribution in [2.75, 3.05) is 25.6 Å². The van der Waals surface area contributed by atoms with Crippen molar-refractivity contribution in [2.45, 2.75) is 52.1 Å². The fourth-order valence-corrected chi connectivity index (χ4v) is 7.68. The summed E-state index contributed by atoms with van der Waals surface area (Å²) in [6, 6.07) is 3.66. The summed E-state index contributed by atoms with van der Waals surface area (Å²) < 4.78 is 5.02. The van der Waals surface area contributed by atoms with Crippen molar-refractivity contribution in [1.82, 2.24) is 10.3 Å². The van der Waals surface area contributed by atoms with Crippen LogP contribution in [0.25, 0.3) is 0 Å². The summed E-state index contributed by atoms with van der Waals surface area (Å²) in [6.07, 6.45) is 2.02. The minimum absolute atomic E-state index is 0.0147. The minimum atomic E-state index is -0.582. The second kappa shape index (κ2) is 9.82. The van der Waals surface area contributed by atoms with Crippen LogP contribution >= 0.6 is 22.7 Å². The summed E-state index contributed by atoms with van der Waals surface area (Å²) in [6.45, 7) is 7.24. The van der Waals surface area contributed by atoms with Crippen LogP contribution in [0.5, 0.6) is 0 Å². The molecule has 4 rings (SSSR count). The van der Waals surface area contributed by atoms with Crippen molar-refractivity contribution in [3.63, 3.8) is 0 Å². The molecule has 3 N–H and O–H groups in total. The molecule has 0 saturated heterocycles. The predicted octanol–water partition coefficient (Wildman–Crippen LogP) is 3.91. The number of carbonyl (C=O) groups excluding carboxylic acids is 2. The molecule has 33 heavy (non-hydrogen) atoms. The van der Waals surface area contributed by atoms with Crippen molar-refractivity contribution in [3.05, 3.63) is 33.0 Å². The molecule has 0 aliphatic heterocycles. The van der Waals surface area contributed by atoms with Crippen LogP contribution in [0.2, 0.25) is 0 Å². The van der Waals surface area contributed by atoms with E-state index >= 15 is 0 Å². The van der Waals surface area contributed by atoms with Gasteiger partial charge < -0.3 is 15.2 Å². The topological polar surface area (TPSA) is 101 Å². The lowest BCUT2D eigenvalue weighted by molar-refractivity contribution is -0.135.